The molecule has 1 saturated heterocycles. The highest BCUT2D eigenvalue weighted by Gasteiger charge is 2.20. The zero-order valence-electron chi connectivity index (χ0n) is 9.87. The second-order valence-corrected chi connectivity index (χ2v) is 4.49. The molecule has 0 aliphatic carbocycles. The summed E-state index contributed by atoms with van der Waals surface area (Å²) in [6.07, 6.45) is 2.22. The van der Waals surface area contributed by atoms with Crippen molar-refractivity contribution < 1.29 is 14.6 Å². The molecule has 1 aliphatic rings. The van der Waals surface area contributed by atoms with Gasteiger partial charge in [0.2, 0.25) is 0 Å². The van der Waals surface area contributed by atoms with Crippen LogP contribution >= 0.6 is 0 Å². The first kappa shape index (κ1) is 11.2. The number of ether oxygens (including phenoxy) is 1. The number of benzene rings is 1. The third kappa shape index (κ3) is 1.86. The van der Waals surface area contributed by atoms with Crippen LogP contribution in [0.1, 0.15) is 23.3 Å². The molecule has 1 aromatic carbocycles. The first-order valence-corrected chi connectivity index (χ1v) is 6.06. The zero-order valence-corrected chi connectivity index (χ0v) is 9.87. The largest absolute Gasteiger partial charge is 0.476 e. The molecule has 0 radical (unpaired) electrons. The Morgan fingerprint density at radius 3 is 3.06 bits per heavy atom. The molecule has 1 aromatic heterocycles. The molecule has 3 rings (SSSR count). The molecule has 1 fully saturated rings. The van der Waals surface area contributed by atoms with E-state index < -0.39 is 5.97 Å². The van der Waals surface area contributed by atoms with E-state index in [4.69, 9.17) is 9.84 Å². The number of carboxylic acid groups (broad SMARTS) is 1. The number of aromatic nitrogens is 2. The van der Waals surface area contributed by atoms with Crippen molar-refractivity contribution in [3.8, 4) is 0 Å². The van der Waals surface area contributed by atoms with Crippen LogP contribution in [0.3, 0.4) is 0 Å². The van der Waals surface area contributed by atoms with Crippen molar-refractivity contribution >= 4 is 16.9 Å². The van der Waals surface area contributed by atoms with Gasteiger partial charge in [-0.15, -0.1) is 0 Å². The Hall–Kier alpha value is -1.88. The highest BCUT2D eigenvalue weighted by Crippen LogP contribution is 2.21. The molecular formula is C13H14N2O3. The molecule has 5 nitrogen and oxygen atoms in total. The smallest absolute Gasteiger partial charge is 0.357 e. The van der Waals surface area contributed by atoms with Gasteiger partial charge in [0, 0.05) is 12.0 Å². The summed E-state index contributed by atoms with van der Waals surface area (Å²) in [4.78, 5) is 11.2. The van der Waals surface area contributed by atoms with E-state index in [9.17, 15) is 4.79 Å². The Morgan fingerprint density at radius 2 is 2.33 bits per heavy atom. The average molecular weight is 246 g/mol. The van der Waals surface area contributed by atoms with E-state index >= 15 is 0 Å². The van der Waals surface area contributed by atoms with Crippen molar-refractivity contribution in [1.29, 1.82) is 0 Å². The first-order chi connectivity index (χ1) is 8.75. The lowest BCUT2D eigenvalue weighted by molar-refractivity contribution is 0.0687. The summed E-state index contributed by atoms with van der Waals surface area (Å²) >= 11 is 0. The number of carboxylic acids is 1. The lowest BCUT2D eigenvalue weighted by Gasteiger charge is -2.09. The van der Waals surface area contributed by atoms with E-state index in [1.807, 2.05) is 18.2 Å². The molecule has 1 aliphatic heterocycles. The Bertz CT molecular complexity index is 585. The van der Waals surface area contributed by atoms with Crippen molar-refractivity contribution in [2.24, 2.45) is 0 Å². The van der Waals surface area contributed by atoms with Crippen LogP contribution in [0.4, 0.5) is 0 Å². The summed E-state index contributed by atoms with van der Waals surface area (Å²) in [6.45, 7) is 1.41. The second kappa shape index (κ2) is 4.42. The van der Waals surface area contributed by atoms with Gasteiger partial charge in [-0.1, -0.05) is 18.2 Å². The van der Waals surface area contributed by atoms with Crippen LogP contribution in [0, 0.1) is 0 Å². The number of fused-ring (bicyclic) bond motifs is 1. The van der Waals surface area contributed by atoms with Crippen LogP contribution in [0.5, 0.6) is 0 Å². The minimum Gasteiger partial charge on any atom is -0.476 e. The van der Waals surface area contributed by atoms with Gasteiger partial charge in [0.1, 0.15) is 0 Å². The fourth-order valence-corrected chi connectivity index (χ4v) is 2.41. The molecule has 5 heteroatoms. The third-order valence-electron chi connectivity index (χ3n) is 3.26. The number of aromatic carboxylic acids is 1. The van der Waals surface area contributed by atoms with Crippen LogP contribution < -0.4 is 0 Å². The lowest BCUT2D eigenvalue weighted by atomic mass is 10.2. The van der Waals surface area contributed by atoms with E-state index in [2.05, 4.69) is 5.10 Å². The van der Waals surface area contributed by atoms with Gasteiger partial charge < -0.3 is 9.84 Å². The van der Waals surface area contributed by atoms with Gasteiger partial charge >= 0.3 is 5.97 Å². The summed E-state index contributed by atoms with van der Waals surface area (Å²) in [5, 5.41) is 14.0. The van der Waals surface area contributed by atoms with Crippen LogP contribution in [0.2, 0.25) is 0 Å². The minimum atomic E-state index is -0.989. The average Bonchev–Trinajstić information content (AvgIpc) is 2.98. The van der Waals surface area contributed by atoms with Crippen molar-refractivity contribution in [2.75, 3.05) is 6.61 Å². The maximum atomic E-state index is 11.2. The number of nitrogens with zero attached hydrogens (tertiary/aromatic N) is 2. The van der Waals surface area contributed by atoms with Gasteiger partial charge in [-0.05, 0) is 18.9 Å². The van der Waals surface area contributed by atoms with Gasteiger partial charge in [-0.25, -0.2) is 4.79 Å². The van der Waals surface area contributed by atoms with Crippen LogP contribution in [-0.2, 0) is 11.3 Å². The molecule has 1 N–H and O–H groups in total. The zero-order chi connectivity index (χ0) is 12.5. The van der Waals surface area contributed by atoms with Gasteiger partial charge in [0.15, 0.2) is 5.69 Å². The topological polar surface area (TPSA) is 64.3 Å². The molecule has 2 heterocycles. The predicted octanol–water partition coefficient (Wildman–Crippen LogP) is 1.91. The summed E-state index contributed by atoms with van der Waals surface area (Å²) in [5.74, 6) is -0.989. The van der Waals surface area contributed by atoms with Crippen molar-refractivity contribution in [1.82, 2.24) is 9.78 Å². The second-order valence-electron chi connectivity index (χ2n) is 4.49. The fourth-order valence-electron chi connectivity index (χ4n) is 2.41. The molecule has 2 aromatic rings. The molecule has 0 saturated carbocycles. The Kier molecular flexibility index (Phi) is 2.76. The summed E-state index contributed by atoms with van der Waals surface area (Å²) in [7, 11) is 0. The van der Waals surface area contributed by atoms with Crippen molar-refractivity contribution in [3.63, 3.8) is 0 Å². The number of hydrogen-bond acceptors (Lipinski definition) is 3. The van der Waals surface area contributed by atoms with E-state index in [0.717, 1.165) is 25.0 Å². The number of carbonyl (C=O) groups is 1. The molecule has 0 unspecified atom stereocenters. The predicted molar refractivity (Wildman–Crippen MR) is 65.7 cm³/mol. The number of para-hydroxylation sites is 1. The summed E-state index contributed by atoms with van der Waals surface area (Å²) in [5.41, 5.74) is 0.967. The summed E-state index contributed by atoms with van der Waals surface area (Å²) in [6, 6.07) is 7.40. The van der Waals surface area contributed by atoms with Crippen LogP contribution in [-0.4, -0.2) is 33.6 Å². The highest BCUT2D eigenvalue weighted by atomic mass is 16.5. The molecule has 1 atom stereocenters. The standard InChI is InChI=1S/C13H14N2O3/c16-13(17)12-10-5-1-2-6-11(10)15(14-12)8-9-4-3-7-18-9/h1-2,5-6,9H,3-4,7-8H2,(H,16,17)/t9-/m1/s1. The van der Waals surface area contributed by atoms with Crippen molar-refractivity contribution in [3.05, 3.63) is 30.0 Å². The Balaban J connectivity index is 2.02. The van der Waals surface area contributed by atoms with Gasteiger partial charge in [0.05, 0.1) is 18.2 Å². The molecule has 94 valence electrons. The van der Waals surface area contributed by atoms with Gasteiger partial charge in [-0.2, -0.15) is 5.10 Å². The van der Waals surface area contributed by atoms with Gasteiger partial charge in [0.25, 0.3) is 0 Å². The molecule has 0 spiro atoms. The SMILES string of the molecule is O=C(O)c1nn(C[C@H]2CCCO2)c2ccccc12. The fraction of sp³-hybridized carbons (Fsp3) is 0.385. The lowest BCUT2D eigenvalue weighted by Crippen LogP contribution is -2.16. The van der Waals surface area contributed by atoms with E-state index in [-0.39, 0.29) is 11.8 Å². The van der Waals surface area contributed by atoms with Crippen LogP contribution in [0.15, 0.2) is 24.3 Å². The van der Waals surface area contributed by atoms with E-state index in [1.165, 1.54) is 0 Å². The molecule has 0 bridgehead atoms. The maximum absolute atomic E-state index is 11.2. The molecule has 0 amide bonds. The van der Waals surface area contributed by atoms with Gasteiger partial charge in [-0.3, -0.25) is 4.68 Å². The number of rotatable bonds is 3. The minimum absolute atomic E-state index is 0.114. The Morgan fingerprint density at radius 1 is 1.50 bits per heavy atom. The maximum Gasteiger partial charge on any atom is 0.357 e. The Labute approximate surface area is 104 Å². The normalized spacial score (nSPS) is 19.4. The quantitative estimate of drug-likeness (QED) is 0.898. The highest BCUT2D eigenvalue weighted by molar-refractivity contribution is 6.01. The number of hydrogen-bond donors (Lipinski definition) is 1. The van der Waals surface area contributed by atoms with Crippen molar-refractivity contribution in [2.45, 2.75) is 25.5 Å². The van der Waals surface area contributed by atoms with Crippen LogP contribution in [0.25, 0.3) is 10.9 Å². The van der Waals surface area contributed by atoms with E-state index in [0.29, 0.717) is 11.9 Å². The first-order valence-electron chi connectivity index (χ1n) is 6.06. The summed E-state index contributed by atoms with van der Waals surface area (Å²) < 4.78 is 7.31. The molecular weight excluding hydrogens is 232 g/mol. The monoisotopic (exact) mass is 246 g/mol. The van der Waals surface area contributed by atoms with E-state index in [1.54, 1.807) is 10.7 Å². The third-order valence-corrected chi connectivity index (χ3v) is 3.26. The molecule has 18 heavy (non-hydrogen) atoms.